The lowest BCUT2D eigenvalue weighted by atomic mass is 10.0. The predicted octanol–water partition coefficient (Wildman–Crippen LogP) is 2.92. The Labute approximate surface area is 116 Å². The predicted molar refractivity (Wildman–Crippen MR) is 79.3 cm³/mol. The molecule has 1 aromatic rings. The van der Waals surface area contributed by atoms with Gasteiger partial charge in [0.15, 0.2) is 0 Å². The number of hydrogen-bond donors (Lipinski definition) is 1. The third-order valence-corrected chi connectivity index (χ3v) is 3.78. The quantitative estimate of drug-likeness (QED) is 0.902. The van der Waals surface area contributed by atoms with Crippen molar-refractivity contribution < 1.29 is 4.79 Å². The number of amides is 1. The lowest BCUT2D eigenvalue weighted by Crippen LogP contribution is -2.39. The topological polar surface area (TPSA) is 32.3 Å². The molecule has 1 saturated heterocycles. The molecule has 104 valence electrons. The van der Waals surface area contributed by atoms with Gasteiger partial charge in [0.1, 0.15) is 0 Å². The van der Waals surface area contributed by atoms with E-state index >= 15 is 0 Å². The van der Waals surface area contributed by atoms with E-state index < -0.39 is 0 Å². The Kier molecular flexibility index (Phi) is 4.97. The number of likely N-dealkylation sites (tertiary alicyclic amines) is 1. The van der Waals surface area contributed by atoms with E-state index in [1.54, 1.807) is 0 Å². The lowest BCUT2D eigenvalue weighted by molar-refractivity contribution is -0.117. The van der Waals surface area contributed by atoms with Gasteiger partial charge in [-0.15, -0.1) is 0 Å². The Hall–Kier alpha value is -1.35. The van der Waals surface area contributed by atoms with Crippen LogP contribution in [0.5, 0.6) is 0 Å². The fourth-order valence-corrected chi connectivity index (χ4v) is 2.77. The fourth-order valence-electron chi connectivity index (χ4n) is 2.77. The van der Waals surface area contributed by atoms with E-state index in [2.05, 4.69) is 30.1 Å². The number of nitrogens with one attached hydrogen (secondary N) is 1. The number of hydrogen-bond acceptors (Lipinski definition) is 2. The molecule has 3 nitrogen and oxygen atoms in total. The minimum atomic E-state index is 0.106. The molecule has 0 spiro atoms. The first kappa shape index (κ1) is 14.1. The summed E-state index contributed by atoms with van der Waals surface area (Å²) in [5.41, 5.74) is 2.16. The number of benzene rings is 1. The van der Waals surface area contributed by atoms with Crippen LogP contribution in [0, 0.1) is 5.92 Å². The highest BCUT2D eigenvalue weighted by Gasteiger charge is 2.18. The van der Waals surface area contributed by atoms with Crippen molar-refractivity contribution in [3.05, 3.63) is 29.8 Å². The van der Waals surface area contributed by atoms with E-state index in [0.29, 0.717) is 12.5 Å². The van der Waals surface area contributed by atoms with E-state index in [1.807, 2.05) is 18.2 Å². The molecule has 0 unspecified atom stereocenters. The first-order valence-electron chi connectivity index (χ1n) is 7.29. The average Bonchev–Trinajstić information content (AvgIpc) is 2.39. The van der Waals surface area contributed by atoms with Crippen molar-refractivity contribution in [2.24, 2.45) is 5.92 Å². The first-order valence-corrected chi connectivity index (χ1v) is 7.29. The van der Waals surface area contributed by atoms with Crippen molar-refractivity contribution in [2.45, 2.75) is 33.1 Å². The zero-order chi connectivity index (χ0) is 13.7. The summed E-state index contributed by atoms with van der Waals surface area (Å²) in [6, 6.07) is 8.03. The van der Waals surface area contributed by atoms with E-state index in [1.165, 1.54) is 18.4 Å². The molecule has 1 aliphatic rings. The third-order valence-electron chi connectivity index (χ3n) is 3.78. The average molecular weight is 260 g/mol. The Balaban J connectivity index is 1.90. The van der Waals surface area contributed by atoms with Crippen molar-refractivity contribution in [3.8, 4) is 0 Å². The summed E-state index contributed by atoms with van der Waals surface area (Å²) in [5.74, 6) is 0.819. The molecule has 1 aliphatic heterocycles. The van der Waals surface area contributed by atoms with E-state index in [-0.39, 0.29) is 5.91 Å². The molecule has 3 heteroatoms. The molecule has 0 saturated carbocycles. The SMILES string of the molecule is CCc1ccccc1NC(=O)CN1CCC[C@@H](C)C1. The molecule has 0 radical (unpaired) electrons. The second kappa shape index (κ2) is 6.71. The maximum atomic E-state index is 12.1. The maximum absolute atomic E-state index is 12.1. The Morgan fingerprint density at radius 1 is 1.42 bits per heavy atom. The normalized spacial score (nSPS) is 20.2. The third kappa shape index (κ3) is 4.06. The van der Waals surface area contributed by atoms with Gasteiger partial charge in [0.25, 0.3) is 0 Å². The standard InChI is InChI=1S/C16H24N2O/c1-3-14-8-4-5-9-15(14)17-16(19)12-18-10-6-7-13(2)11-18/h4-5,8-9,13H,3,6-7,10-12H2,1-2H3,(H,17,19)/t13-/m1/s1. The van der Waals surface area contributed by atoms with Crippen LogP contribution in [-0.4, -0.2) is 30.4 Å². The monoisotopic (exact) mass is 260 g/mol. The smallest absolute Gasteiger partial charge is 0.238 e. The molecule has 0 aliphatic carbocycles. The van der Waals surface area contributed by atoms with E-state index in [0.717, 1.165) is 25.2 Å². The van der Waals surface area contributed by atoms with Crippen molar-refractivity contribution in [1.29, 1.82) is 0 Å². The maximum Gasteiger partial charge on any atom is 0.238 e. The van der Waals surface area contributed by atoms with E-state index in [9.17, 15) is 4.79 Å². The van der Waals surface area contributed by atoms with Gasteiger partial charge in [-0.1, -0.05) is 32.0 Å². The number of aryl methyl sites for hydroxylation is 1. The summed E-state index contributed by atoms with van der Waals surface area (Å²) in [4.78, 5) is 14.4. The summed E-state index contributed by atoms with van der Waals surface area (Å²) in [5, 5.41) is 3.04. The van der Waals surface area contributed by atoms with Gasteiger partial charge >= 0.3 is 0 Å². The first-order chi connectivity index (χ1) is 9.19. The summed E-state index contributed by atoms with van der Waals surface area (Å²) >= 11 is 0. The summed E-state index contributed by atoms with van der Waals surface area (Å²) in [7, 11) is 0. The van der Waals surface area contributed by atoms with Crippen molar-refractivity contribution in [3.63, 3.8) is 0 Å². The number of piperidine rings is 1. The number of para-hydroxylation sites is 1. The second-order valence-electron chi connectivity index (χ2n) is 5.54. The van der Waals surface area contributed by atoms with Crippen LogP contribution in [-0.2, 0) is 11.2 Å². The van der Waals surface area contributed by atoms with Crippen LogP contribution in [0.1, 0.15) is 32.3 Å². The van der Waals surface area contributed by atoms with Gasteiger partial charge in [-0.2, -0.15) is 0 Å². The largest absolute Gasteiger partial charge is 0.325 e. The van der Waals surface area contributed by atoms with Gasteiger partial charge in [-0.25, -0.2) is 0 Å². The molecule has 1 heterocycles. The van der Waals surface area contributed by atoms with Gasteiger partial charge in [0, 0.05) is 12.2 Å². The van der Waals surface area contributed by atoms with Crippen molar-refractivity contribution in [2.75, 3.05) is 25.0 Å². The second-order valence-corrected chi connectivity index (χ2v) is 5.54. The molecule has 19 heavy (non-hydrogen) atoms. The minimum absolute atomic E-state index is 0.106. The molecule has 1 aromatic carbocycles. The van der Waals surface area contributed by atoms with Crippen molar-refractivity contribution in [1.82, 2.24) is 4.90 Å². The molecule has 2 rings (SSSR count). The molecule has 0 aromatic heterocycles. The molecule has 1 amide bonds. The summed E-state index contributed by atoms with van der Waals surface area (Å²) in [6.45, 7) is 6.98. The molecule has 1 fully saturated rings. The van der Waals surface area contributed by atoms with Gasteiger partial charge in [-0.3, -0.25) is 9.69 Å². The minimum Gasteiger partial charge on any atom is -0.325 e. The highest BCUT2D eigenvalue weighted by molar-refractivity contribution is 5.93. The number of carbonyl (C=O) groups excluding carboxylic acids is 1. The number of anilines is 1. The van der Waals surface area contributed by atoms with Gasteiger partial charge < -0.3 is 5.32 Å². The van der Waals surface area contributed by atoms with Crippen LogP contribution < -0.4 is 5.32 Å². The van der Waals surface area contributed by atoms with Gasteiger partial charge in [0.05, 0.1) is 6.54 Å². The summed E-state index contributed by atoms with van der Waals surface area (Å²) < 4.78 is 0. The van der Waals surface area contributed by atoms with Crippen LogP contribution in [0.4, 0.5) is 5.69 Å². The van der Waals surface area contributed by atoms with Crippen LogP contribution in [0.3, 0.4) is 0 Å². The zero-order valence-corrected chi connectivity index (χ0v) is 12.0. The van der Waals surface area contributed by atoms with Crippen LogP contribution >= 0.6 is 0 Å². The molecular formula is C16H24N2O. The Morgan fingerprint density at radius 3 is 2.95 bits per heavy atom. The Morgan fingerprint density at radius 2 is 2.21 bits per heavy atom. The van der Waals surface area contributed by atoms with Crippen LogP contribution in [0.25, 0.3) is 0 Å². The Bertz CT molecular complexity index is 431. The number of rotatable bonds is 4. The van der Waals surface area contributed by atoms with E-state index in [4.69, 9.17) is 0 Å². The highest BCUT2D eigenvalue weighted by Crippen LogP contribution is 2.17. The molecule has 1 N–H and O–H groups in total. The van der Waals surface area contributed by atoms with Crippen LogP contribution in [0.2, 0.25) is 0 Å². The molecule has 1 atom stereocenters. The lowest BCUT2D eigenvalue weighted by Gasteiger charge is -2.30. The van der Waals surface area contributed by atoms with Crippen molar-refractivity contribution >= 4 is 11.6 Å². The zero-order valence-electron chi connectivity index (χ0n) is 12.0. The highest BCUT2D eigenvalue weighted by atomic mass is 16.2. The van der Waals surface area contributed by atoms with Crippen LogP contribution in [0.15, 0.2) is 24.3 Å². The number of nitrogens with zero attached hydrogens (tertiary/aromatic N) is 1. The van der Waals surface area contributed by atoms with Gasteiger partial charge in [0.2, 0.25) is 5.91 Å². The summed E-state index contributed by atoms with van der Waals surface area (Å²) in [6.07, 6.45) is 3.44. The molecular weight excluding hydrogens is 236 g/mol. The fraction of sp³-hybridized carbons (Fsp3) is 0.562. The van der Waals surface area contributed by atoms with Gasteiger partial charge in [-0.05, 0) is 43.4 Å². The number of carbonyl (C=O) groups is 1. The molecule has 0 bridgehead atoms.